The molecule has 0 bridgehead atoms. The molecular formula is C16H20N4O3S2. The highest BCUT2D eigenvalue weighted by Crippen LogP contribution is 2.23. The molecule has 0 radical (unpaired) electrons. The van der Waals surface area contributed by atoms with Crippen molar-refractivity contribution in [2.45, 2.75) is 26.4 Å². The molecule has 7 nitrogen and oxygen atoms in total. The maximum absolute atomic E-state index is 12.4. The highest BCUT2D eigenvalue weighted by Gasteiger charge is 2.28. The van der Waals surface area contributed by atoms with Gasteiger partial charge in [0.15, 0.2) is 0 Å². The Balaban J connectivity index is 1.48. The highest BCUT2D eigenvalue weighted by atomic mass is 32.1. The van der Waals surface area contributed by atoms with Crippen LogP contribution in [0.25, 0.3) is 0 Å². The molecule has 2 amide bonds. The summed E-state index contributed by atoms with van der Waals surface area (Å²) in [6.07, 6.45) is 1.32. The van der Waals surface area contributed by atoms with Gasteiger partial charge in [-0.25, -0.2) is 0 Å². The van der Waals surface area contributed by atoms with Gasteiger partial charge in [0.1, 0.15) is 11.6 Å². The van der Waals surface area contributed by atoms with Crippen molar-refractivity contribution in [1.82, 2.24) is 15.1 Å². The summed E-state index contributed by atoms with van der Waals surface area (Å²) >= 11 is 2.77. The van der Waals surface area contributed by atoms with Gasteiger partial charge in [-0.3, -0.25) is 9.59 Å². The second-order valence-electron chi connectivity index (χ2n) is 5.67. The lowest BCUT2D eigenvalue weighted by molar-refractivity contribution is -0.121. The standard InChI is InChI=1S/C16H20N4O3S2/c1-2-23-10-13-18-19-16(25-13)17-14(21)11-5-7-20(8-6-11)15(22)12-4-3-9-24-12/h3-4,9,11H,2,5-8,10H2,1H3,(H,17,19,21). The lowest BCUT2D eigenvalue weighted by atomic mass is 9.96. The van der Waals surface area contributed by atoms with Crippen LogP contribution in [0.2, 0.25) is 0 Å². The van der Waals surface area contributed by atoms with Gasteiger partial charge in [0.2, 0.25) is 11.0 Å². The summed E-state index contributed by atoms with van der Waals surface area (Å²) in [5, 5.41) is 13.9. The van der Waals surface area contributed by atoms with Gasteiger partial charge in [-0.05, 0) is 31.2 Å². The van der Waals surface area contributed by atoms with E-state index in [2.05, 4.69) is 15.5 Å². The van der Waals surface area contributed by atoms with Gasteiger partial charge in [0.25, 0.3) is 5.91 Å². The first-order valence-electron chi connectivity index (χ1n) is 8.21. The van der Waals surface area contributed by atoms with Crippen molar-refractivity contribution >= 4 is 39.6 Å². The second-order valence-corrected chi connectivity index (χ2v) is 7.68. The Hall–Kier alpha value is -1.84. The van der Waals surface area contributed by atoms with Crippen LogP contribution in [0.15, 0.2) is 17.5 Å². The zero-order valence-electron chi connectivity index (χ0n) is 13.9. The predicted octanol–water partition coefficient (Wildman–Crippen LogP) is 2.63. The Bertz CT molecular complexity index is 709. The van der Waals surface area contributed by atoms with Gasteiger partial charge in [-0.1, -0.05) is 17.4 Å². The third-order valence-corrected chi connectivity index (χ3v) is 5.68. The molecule has 1 fully saturated rings. The minimum atomic E-state index is -0.105. The first-order chi connectivity index (χ1) is 12.2. The SMILES string of the molecule is CCOCc1nnc(NC(=O)C2CCN(C(=O)c3cccs3)CC2)s1. The number of carbonyl (C=O) groups excluding carboxylic acids is 2. The zero-order valence-corrected chi connectivity index (χ0v) is 15.6. The number of anilines is 1. The quantitative estimate of drug-likeness (QED) is 0.833. The summed E-state index contributed by atoms with van der Waals surface area (Å²) in [4.78, 5) is 27.3. The summed E-state index contributed by atoms with van der Waals surface area (Å²) in [5.41, 5.74) is 0. The molecule has 0 aliphatic carbocycles. The summed E-state index contributed by atoms with van der Waals surface area (Å²) in [6.45, 7) is 4.14. The minimum absolute atomic E-state index is 0.0534. The number of thiophene rings is 1. The largest absolute Gasteiger partial charge is 0.374 e. The lowest BCUT2D eigenvalue weighted by Crippen LogP contribution is -2.41. The molecule has 0 saturated carbocycles. The Labute approximate surface area is 154 Å². The van der Waals surface area contributed by atoms with Crippen LogP contribution in [0, 0.1) is 5.92 Å². The van der Waals surface area contributed by atoms with Crippen LogP contribution in [0.3, 0.4) is 0 Å². The molecule has 0 aromatic carbocycles. The van der Waals surface area contributed by atoms with Gasteiger partial charge < -0.3 is 15.0 Å². The monoisotopic (exact) mass is 380 g/mol. The van der Waals surface area contributed by atoms with Gasteiger partial charge in [-0.2, -0.15) is 0 Å². The van der Waals surface area contributed by atoms with Crippen molar-refractivity contribution in [3.8, 4) is 0 Å². The lowest BCUT2D eigenvalue weighted by Gasteiger charge is -2.30. The van der Waals surface area contributed by atoms with Crippen molar-refractivity contribution in [1.29, 1.82) is 0 Å². The molecule has 1 aliphatic heterocycles. The first-order valence-corrected chi connectivity index (χ1v) is 9.90. The molecule has 1 aliphatic rings. The van der Waals surface area contributed by atoms with Gasteiger partial charge in [0, 0.05) is 25.6 Å². The van der Waals surface area contributed by atoms with Crippen molar-refractivity contribution in [3.05, 3.63) is 27.4 Å². The summed E-state index contributed by atoms with van der Waals surface area (Å²) in [6, 6.07) is 3.71. The van der Waals surface area contributed by atoms with Crippen LogP contribution in [-0.4, -0.2) is 46.6 Å². The fourth-order valence-electron chi connectivity index (χ4n) is 2.66. The van der Waals surface area contributed by atoms with E-state index >= 15 is 0 Å². The molecule has 134 valence electrons. The topological polar surface area (TPSA) is 84.4 Å². The number of aromatic nitrogens is 2. The Morgan fingerprint density at radius 2 is 2.16 bits per heavy atom. The number of nitrogens with zero attached hydrogens (tertiary/aromatic N) is 3. The number of rotatable bonds is 6. The van der Waals surface area contributed by atoms with E-state index in [-0.39, 0.29) is 17.7 Å². The third kappa shape index (κ3) is 4.62. The number of carbonyl (C=O) groups is 2. The van der Waals surface area contributed by atoms with Gasteiger partial charge >= 0.3 is 0 Å². The van der Waals surface area contributed by atoms with Crippen LogP contribution < -0.4 is 5.32 Å². The number of hydrogen-bond donors (Lipinski definition) is 1. The van der Waals surface area contributed by atoms with E-state index in [9.17, 15) is 9.59 Å². The molecule has 0 spiro atoms. The van der Waals surface area contributed by atoms with Crippen LogP contribution in [-0.2, 0) is 16.1 Å². The number of piperidine rings is 1. The van der Waals surface area contributed by atoms with Crippen LogP contribution in [0.5, 0.6) is 0 Å². The molecule has 0 atom stereocenters. The molecule has 1 N–H and O–H groups in total. The zero-order chi connectivity index (χ0) is 17.6. The Kier molecular flexibility index (Phi) is 6.11. The van der Waals surface area contributed by atoms with Gasteiger partial charge in [0.05, 0.1) is 4.88 Å². The van der Waals surface area contributed by atoms with Crippen LogP contribution in [0.4, 0.5) is 5.13 Å². The number of ether oxygens (including phenoxy) is 1. The molecule has 0 unspecified atom stereocenters. The van der Waals surface area contributed by atoms with E-state index in [1.165, 1.54) is 22.7 Å². The van der Waals surface area contributed by atoms with E-state index in [0.717, 1.165) is 9.88 Å². The molecule has 25 heavy (non-hydrogen) atoms. The molecule has 9 heteroatoms. The fraction of sp³-hybridized carbons (Fsp3) is 0.500. The van der Waals surface area contributed by atoms with Crippen molar-refractivity contribution in [2.24, 2.45) is 5.92 Å². The summed E-state index contributed by atoms with van der Waals surface area (Å²) in [5.74, 6) is -0.104. The Morgan fingerprint density at radius 3 is 2.84 bits per heavy atom. The van der Waals surface area contributed by atoms with E-state index in [0.29, 0.717) is 44.3 Å². The van der Waals surface area contributed by atoms with Gasteiger partial charge in [-0.15, -0.1) is 21.5 Å². The number of amides is 2. The maximum Gasteiger partial charge on any atom is 0.263 e. The van der Waals surface area contributed by atoms with Crippen molar-refractivity contribution in [2.75, 3.05) is 25.0 Å². The molecule has 3 rings (SSSR count). The summed E-state index contributed by atoms with van der Waals surface area (Å²) < 4.78 is 5.28. The molecule has 1 saturated heterocycles. The third-order valence-electron chi connectivity index (χ3n) is 4.01. The number of nitrogens with one attached hydrogen (secondary N) is 1. The fourth-order valence-corrected chi connectivity index (χ4v) is 4.03. The van der Waals surface area contributed by atoms with Crippen molar-refractivity contribution < 1.29 is 14.3 Å². The van der Waals surface area contributed by atoms with E-state index in [4.69, 9.17) is 4.74 Å². The highest BCUT2D eigenvalue weighted by molar-refractivity contribution is 7.15. The van der Waals surface area contributed by atoms with Crippen LogP contribution in [0.1, 0.15) is 34.4 Å². The number of hydrogen-bond acceptors (Lipinski definition) is 7. The predicted molar refractivity (Wildman–Crippen MR) is 96.8 cm³/mol. The molecule has 3 heterocycles. The number of likely N-dealkylation sites (tertiary alicyclic amines) is 1. The normalized spacial score (nSPS) is 15.3. The van der Waals surface area contributed by atoms with Crippen molar-refractivity contribution in [3.63, 3.8) is 0 Å². The van der Waals surface area contributed by atoms with Crippen LogP contribution >= 0.6 is 22.7 Å². The Morgan fingerprint density at radius 1 is 1.36 bits per heavy atom. The maximum atomic E-state index is 12.4. The van der Waals surface area contributed by atoms with E-state index in [1.54, 1.807) is 0 Å². The first kappa shape index (κ1) is 18.0. The molecular weight excluding hydrogens is 360 g/mol. The second kappa shape index (κ2) is 8.50. The smallest absolute Gasteiger partial charge is 0.263 e. The average molecular weight is 380 g/mol. The molecule has 2 aromatic heterocycles. The minimum Gasteiger partial charge on any atom is -0.374 e. The van der Waals surface area contributed by atoms with E-state index < -0.39 is 0 Å². The van der Waals surface area contributed by atoms with E-state index in [1.807, 2.05) is 29.3 Å². The average Bonchev–Trinajstić information content (AvgIpc) is 3.31. The summed E-state index contributed by atoms with van der Waals surface area (Å²) in [7, 11) is 0. The molecule has 2 aromatic rings.